The van der Waals surface area contributed by atoms with Gasteiger partial charge in [-0.05, 0) is 37.1 Å². The number of rotatable bonds is 6. The lowest BCUT2D eigenvalue weighted by Crippen LogP contribution is -2.26. The molecule has 1 aromatic heterocycles. The first-order valence-electron chi connectivity index (χ1n) is 8.81. The van der Waals surface area contributed by atoms with Crippen molar-refractivity contribution in [3.63, 3.8) is 0 Å². The van der Waals surface area contributed by atoms with Crippen LogP contribution in [0.4, 0.5) is 5.82 Å². The molecule has 140 valence electrons. The van der Waals surface area contributed by atoms with Crippen LogP contribution in [-0.2, 0) is 16.4 Å². The van der Waals surface area contributed by atoms with E-state index in [0.29, 0.717) is 12.6 Å². The minimum absolute atomic E-state index is 0.277. The van der Waals surface area contributed by atoms with Crippen LogP contribution in [0.2, 0.25) is 0 Å². The van der Waals surface area contributed by atoms with E-state index in [4.69, 9.17) is 4.74 Å². The van der Waals surface area contributed by atoms with E-state index >= 15 is 0 Å². The molecule has 1 saturated carbocycles. The quantitative estimate of drug-likeness (QED) is 0.651. The molecular formula is C20H21N3O3S. The van der Waals surface area contributed by atoms with Gasteiger partial charge in [0, 0.05) is 29.8 Å². The Balaban J connectivity index is 1.82. The molecule has 1 heterocycles. The molecule has 0 aliphatic heterocycles. The zero-order chi connectivity index (χ0) is 19.0. The summed E-state index contributed by atoms with van der Waals surface area (Å²) in [5.41, 5.74) is 1.80. The molecule has 0 unspecified atom stereocenters. The first-order valence-corrected chi connectivity index (χ1v) is 10.7. The van der Waals surface area contributed by atoms with Crippen molar-refractivity contribution in [3.05, 3.63) is 54.4 Å². The highest BCUT2D eigenvalue weighted by molar-refractivity contribution is 7.90. The van der Waals surface area contributed by atoms with Gasteiger partial charge in [0.1, 0.15) is 17.9 Å². The lowest BCUT2D eigenvalue weighted by molar-refractivity contribution is 0.409. The van der Waals surface area contributed by atoms with E-state index in [1.807, 2.05) is 24.3 Å². The number of para-hydroxylation sites is 1. The number of benzene rings is 2. The molecule has 0 bridgehead atoms. The van der Waals surface area contributed by atoms with E-state index in [9.17, 15) is 8.42 Å². The highest BCUT2D eigenvalue weighted by atomic mass is 32.2. The summed E-state index contributed by atoms with van der Waals surface area (Å²) in [6.45, 7) is 0.643. The molecule has 0 spiro atoms. The molecule has 0 saturated heterocycles. The predicted molar refractivity (Wildman–Crippen MR) is 105 cm³/mol. The van der Waals surface area contributed by atoms with Gasteiger partial charge in [-0.15, -0.1) is 0 Å². The molecule has 0 amide bonds. The van der Waals surface area contributed by atoms with E-state index in [1.54, 1.807) is 25.3 Å². The summed E-state index contributed by atoms with van der Waals surface area (Å²) < 4.78 is 29.5. The van der Waals surface area contributed by atoms with Crippen molar-refractivity contribution in [3.8, 4) is 5.75 Å². The Morgan fingerprint density at radius 1 is 1.15 bits per heavy atom. The van der Waals surface area contributed by atoms with E-state index < -0.39 is 9.84 Å². The number of methoxy groups -OCH3 is 1. The van der Waals surface area contributed by atoms with Crippen LogP contribution in [0.15, 0.2) is 53.7 Å². The van der Waals surface area contributed by atoms with Gasteiger partial charge in [0.2, 0.25) is 0 Å². The average molecular weight is 383 g/mol. The molecule has 0 N–H and O–H groups in total. The summed E-state index contributed by atoms with van der Waals surface area (Å²) in [6, 6.07) is 13.3. The molecule has 6 nitrogen and oxygen atoms in total. The van der Waals surface area contributed by atoms with Crippen molar-refractivity contribution in [2.75, 3.05) is 18.3 Å². The second-order valence-electron chi connectivity index (χ2n) is 6.82. The van der Waals surface area contributed by atoms with Crippen LogP contribution in [-0.4, -0.2) is 37.8 Å². The van der Waals surface area contributed by atoms with Crippen LogP contribution < -0.4 is 9.64 Å². The number of hydrogen-bond acceptors (Lipinski definition) is 6. The number of nitrogens with zero attached hydrogens (tertiary/aromatic N) is 3. The Morgan fingerprint density at radius 3 is 2.63 bits per heavy atom. The Kier molecular flexibility index (Phi) is 4.47. The maximum atomic E-state index is 12.0. The second kappa shape index (κ2) is 6.81. The first kappa shape index (κ1) is 17.7. The van der Waals surface area contributed by atoms with Gasteiger partial charge < -0.3 is 9.64 Å². The molecule has 2 aromatic carbocycles. The van der Waals surface area contributed by atoms with Gasteiger partial charge in [0.05, 0.1) is 17.5 Å². The highest BCUT2D eigenvalue weighted by Crippen LogP contribution is 2.36. The Labute approximate surface area is 158 Å². The normalized spacial score (nSPS) is 14.3. The highest BCUT2D eigenvalue weighted by Gasteiger charge is 2.32. The number of fused-ring (bicyclic) bond motifs is 1. The van der Waals surface area contributed by atoms with E-state index in [1.165, 1.54) is 12.6 Å². The SMILES string of the molecule is COc1ccccc1CN(c1ncnc2ccc(S(C)(=O)=O)cc12)C1CC1. The van der Waals surface area contributed by atoms with E-state index in [2.05, 4.69) is 14.9 Å². The summed E-state index contributed by atoms with van der Waals surface area (Å²) in [6.07, 6.45) is 4.93. The van der Waals surface area contributed by atoms with Crippen LogP contribution in [0.5, 0.6) is 5.75 Å². The van der Waals surface area contributed by atoms with Gasteiger partial charge in [-0.2, -0.15) is 0 Å². The maximum absolute atomic E-state index is 12.0. The van der Waals surface area contributed by atoms with Crippen molar-refractivity contribution < 1.29 is 13.2 Å². The summed E-state index contributed by atoms with van der Waals surface area (Å²) in [7, 11) is -1.64. The number of anilines is 1. The fourth-order valence-electron chi connectivity index (χ4n) is 3.26. The third-order valence-corrected chi connectivity index (χ3v) is 5.92. The number of aromatic nitrogens is 2. The minimum atomic E-state index is -3.30. The number of hydrogen-bond donors (Lipinski definition) is 0. The largest absolute Gasteiger partial charge is 0.496 e. The Hall–Kier alpha value is -2.67. The van der Waals surface area contributed by atoms with Gasteiger partial charge in [0.25, 0.3) is 0 Å². The summed E-state index contributed by atoms with van der Waals surface area (Å²) in [5.74, 6) is 1.59. The zero-order valence-corrected chi connectivity index (χ0v) is 16.1. The summed E-state index contributed by atoms with van der Waals surface area (Å²) >= 11 is 0. The van der Waals surface area contributed by atoms with Gasteiger partial charge >= 0.3 is 0 Å². The predicted octanol–water partition coefficient (Wildman–Crippen LogP) is 3.21. The fourth-order valence-corrected chi connectivity index (χ4v) is 3.91. The molecule has 0 atom stereocenters. The van der Waals surface area contributed by atoms with Gasteiger partial charge in [-0.1, -0.05) is 18.2 Å². The lowest BCUT2D eigenvalue weighted by Gasteiger charge is -2.25. The zero-order valence-electron chi connectivity index (χ0n) is 15.3. The number of ether oxygens (including phenoxy) is 1. The average Bonchev–Trinajstić information content (AvgIpc) is 3.50. The van der Waals surface area contributed by atoms with E-state index in [-0.39, 0.29) is 4.90 Å². The van der Waals surface area contributed by atoms with Crippen molar-refractivity contribution in [2.24, 2.45) is 0 Å². The summed E-state index contributed by atoms with van der Waals surface area (Å²) in [4.78, 5) is 11.3. The molecule has 1 aliphatic carbocycles. The van der Waals surface area contributed by atoms with E-state index in [0.717, 1.165) is 40.9 Å². The lowest BCUT2D eigenvalue weighted by atomic mass is 10.1. The molecular weight excluding hydrogens is 362 g/mol. The molecule has 7 heteroatoms. The standard InChI is InChI=1S/C20H21N3O3S/c1-26-19-6-4-3-5-14(19)12-23(15-7-8-15)20-17-11-16(27(2,24)25)9-10-18(17)21-13-22-20/h3-6,9-11,13,15H,7-8,12H2,1-2H3. The van der Waals surface area contributed by atoms with Gasteiger partial charge in [-0.25, -0.2) is 18.4 Å². The third kappa shape index (κ3) is 3.60. The fraction of sp³-hybridized carbons (Fsp3) is 0.300. The van der Waals surface area contributed by atoms with Crippen LogP contribution in [0.1, 0.15) is 18.4 Å². The smallest absolute Gasteiger partial charge is 0.175 e. The topological polar surface area (TPSA) is 72.4 Å². The Morgan fingerprint density at radius 2 is 1.93 bits per heavy atom. The third-order valence-electron chi connectivity index (χ3n) is 4.81. The molecule has 1 aliphatic rings. The van der Waals surface area contributed by atoms with Crippen molar-refractivity contribution in [2.45, 2.75) is 30.3 Å². The van der Waals surface area contributed by atoms with Crippen molar-refractivity contribution in [1.82, 2.24) is 9.97 Å². The van der Waals surface area contributed by atoms with Crippen LogP contribution >= 0.6 is 0 Å². The molecule has 0 radical (unpaired) electrons. The first-order chi connectivity index (χ1) is 13.0. The van der Waals surface area contributed by atoms with Crippen molar-refractivity contribution in [1.29, 1.82) is 0 Å². The number of sulfone groups is 1. The second-order valence-corrected chi connectivity index (χ2v) is 8.84. The van der Waals surface area contributed by atoms with Gasteiger partial charge in [-0.3, -0.25) is 0 Å². The van der Waals surface area contributed by atoms with Crippen LogP contribution in [0.3, 0.4) is 0 Å². The molecule has 4 rings (SSSR count). The Bertz CT molecular complexity index is 1090. The molecule has 1 fully saturated rings. The minimum Gasteiger partial charge on any atom is -0.496 e. The molecule has 27 heavy (non-hydrogen) atoms. The summed E-state index contributed by atoms with van der Waals surface area (Å²) in [5, 5.41) is 0.752. The molecule has 3 aromatic rings. The van der Waals surface area contributed by atoms with Crippen LogP contribution in [0.25, 0.3) is 10.9 Å². The monoisotopic (exact) mass is 383 g/mol. The maximum Gasteiger partial charge on any atom is 0.175 e. The van der Waals surface area contributed by atoms with Crippen molar-refractivity contribution >= 4 is 26.6 Å². The van der Waals surface area contributed by atoms with Gasteiger partial charge in [0.15, 0.2) is 9.84 Å². The van der Waals surface area contributed by atoms with Crippen LogP contribution in [0, 0.1) is 0 Å².